The molecule has 3 nitrogen and oxygen atoms in total. The first kappa shape index (κ1) is 10.3. The first-order valence-corrected chi connectivity index (χ1v) is 4.76. The molecule has 1 heterocycles. The topological polar surface area (TPSA) is 43.8 Å². The molecule has 0 bridgehead atoms. The molecule has 1 aromatic heterocycles. The monoisotopic (exact) mass is 181 g/mol. The summed E-state index contributed by atoms with van der Waals surface area (Å²) in [6, 6.07) is 0.118. The van der Waals surface area contributed by atoms with Gasteiger partial charge in [-0.2, -0.15) is 5.10 Å². The second-order valence-electron chi connectivity index (χ2n) is 4.07. The van der Waals surface area contributed by atoms with Gasteiger partial charge < -0.3 is 5.73 Å². The Bertz CT molecular complexity index is 256. The lowest BCUT2D eigenvalue weighted by molar-refractivity contribution is 0.484. The second-order valence-corrected chi connectivity index (χ2v) is 4.07. The molecule has 0 saturated carbocycles. The largest absolute Gasteiger partial charge is 0.323 e. The van der Waals surface area contributed by atoms with Gasteiger partial charge in [0.25, 0.3) is 0 Å². The molecular formula is C10H19N3. The predicted molar refractivity (Wildman–Crippen MR) is 54.3 cm³/mol. The minimum Gasteiger partial charge on any atom is -0.323 e. The van der Waals surface area contributed by atoms with Crippen molar-refractivity contribution in [3.63, 3.8) is 0 Å². The number of hydrogen-bond donors (Lipinski definition) is 1. The maximum Gasteiger partial charge on any atom is 0.0577 e. The first-order valence-electron chi connectivity index (χ1n) is 4.76. The minimum atomic E-state index is 0.118. The van der Waals surface area contributed by atoms with Crippen molar-refractivity contribution in [2.24, 2.45) is 18.7 Å². The highest BCUT2D eigenvalue weighted by Gasteiger charge is 2.14. The van der Waals surface area contributed by atoms with Crippen LogP contribution in [0.2, 0.25) is 0 Å². The van der Waals surface area contributed by atoms with Crippen molar-refractivity contribution in [2.75, 3.05) is 0 Å². The third-order valence-electron chi connectivity index (χ3n) is 2.25. The van der Waals surface area contributed by atoms with Crippen LogP contribution in [0, 0.1) is 12.8 Å². The maximum atomic E-state index is 6.08. The summed E-state index contributed by atoms with van der Waals surface area (Å²) < 4.78 is 1.88. The van der Waals surface area contributed by atoms with E-state index in [-0.39, 0.29) is 6.04 Å². The number of aromatic nitrogens is 2. The minimum absolute atomic E-state index is 0.118. The molecule has 1 aromatic rings. The van der Waals surface area contributed by atoms with Crippen molar-refractivity contribution in [3.8, 4) is 0 Å². The van der Waals surface area contributed by atoms with Crippen LogP contribution < -0.4 is 5.73 Å². The molecule has 1 atom stereocenters. The van der Waals surface area contributed by atoms with Crippen LogP contribution in [0.4, 0.5) is 0 Å². The van der Waals surface area contributed by atoms with Crippen LogP contribution in [0.25, 0.3) is 0 Å². The zero-order valence-electron chi connectivity index (χ0n) is 8.91. The van der Waals surface area contributed by atoms with Crippen LogP contribution in [0.5, 0.6) is 0 Å². The maximum absolute atomic E-state index is 6.08. The molecular weight excluding hydrogens is 162 g/mol. The van der Waals surface area contributed by atoms with Gasteiger partial charge in [0.05, 0.1) is 11.9 Å². The molecule has 0 fully saturated rings. The lowest BCUT2D eigenvalue weighted by Crippen LogP contribution is -2.17. The van der Waals surface area contributed by atoms with Crippen molar-refractivity contribution in [1.29, 1.82) is 0 Å². The molecule has 1 unspecified atom stereocenters. The highest BCUT2D eigenvalue weighted by atomic mass is 15.3. The third-order valence-corrected chi connectivity index (χ3v) is 2.25. The lowest BCUT2D eigenvalue weighted by Gasteiger charge is -2.15. The molecule has 0 aliphatic rings. The first-order chi connectivity index (χ1) is 6.02. The standard InChI is InChI=1S/C10H19N3/c1-7(2)5-9(11)10-8(3)6-12-13(10)4/h6-7,9H,5,11H2,1-4H3. The Labute approximate surface area is 79.9 Å². The van der Waals surface area contributed by atoms with Crippen LogP contribution >= 0.6 is 0 Å². The fourth-order valence-electron chi connectivity index (χ4n) is 1.71. The van der Waals surface area contributed by atoms with Gasteiger partial charge >= 0.3 is 0 Å². The van der Waals surface area contributed by atoms with Gasteiger partial charge in [-0.25, -0.2) is 0 Å². The molecule has 1 rings (SSSR count). The van der Waals surface area contributed by atoms with Crippen molar-refractivity contribution < 1.29 is 0 Å². The van der Waals surface area contributed by atoms with E-state index in [1.54, 1.807) is 0 Å². The average molecular weight is 181 g/mol. The molecule has 3 heteroatoms. The van der Waals surface area contributed by atoms with Gasteiger partial charge in [-0.15, -0.1) is 0 Å². The highest BCUT2D eigenvalue weighted by Crippen LogP contribution is 2.20. The van der Waals surface area contributed by atoms with E-state index in [0.717, 1.165) is 12.1 Å². The molecule has 0 aromatic carbocycles. The van der Waals surface area contributed by atoms with E-state index in [4.69, 9.17) is 5.73 Å². The molecule has 0 aliphatic carbocycles. The van der Waals surface area contributed by atoms with Gasteiger partial charge in [-0.1, -0.05) is 13.8 Å². The van der Waals surface area contributed by atoms with Crippen LogP contribution in [0.15, 0.2) is 6.20 Å². The zero-order valence-corrected chi connectivity index (χ0v) is 8.91. The van der Waals surface area contributed by atoms with E-state index in [9.17, 15) is 0 Å². The van der Waals surface area contributed by atoms with Crippen LogP contribution in [0.1, 0.15) is 37.6 Å². The average Bonchev–Trinajstić information content (AvgIpc) is 2.29. The summed E-state index contributed by atoms with van der Waals surface area (Å²) in [4.78, 5) is 0. The Morgan fingerprint density at radius 3 is 2.54 bits per heavy atom. The summed E-state index contributed by atoms with van der Waals surface area (Å²) >= 11 is 0. The summed E-state index contributed by atoms with van der Waals surface area (Å²) in [5.41, 5.74) is 8.43. The van der Waals surface area contributed by atoms with E-state index in [2.05, 4.69) is 25.9 Å². The second kappa shape index (κ2) is 3.92. The van der Waals surface area contributed by atoms with Gasteiger partial charge in [-0.05, 0) is 24.8 Å². The van der Waals surface area contributed by atoms with Crippen molar-refractivity contribution >= 4 is 0 Å². The van der Waals surface area contributed by atoms with Crippen LogP contribution in [0.3, 0.4) is 0 Å². The molecule has 0 saturated heterocycles. The molecule has 0 aliphatic heterocycles. The number of rotatable bonds is 3. The number of nitrogens with two attached hydrogens (primary N) is 1. The van der Waals surface area contributed by atoms with Gasteiger partial charge in [0.1, 0.15) is 0 Å². The number of hydrogen-bond acceptors (Lipinski definition) is 2. The molecule has 2 N–H and O–H groups in total. The van der Waals surface area contributed by atoms with Crippen LogP contribution in [-0.4, -0.2) is 9.78 Å². The van der Waals surface area contributed by atoms with Gasteiger partial charge in [0.2, 0.25) is 0 Å². The number of aryl methyl sites for hydroxylation is 2. The SMILES string of the molecule is Cc1cnn(C)c1C(N)CC(C)C. The third kappa shape index (κ3) is 2.31. The number of nitrogens with zero attached hydrogens (tertiary/aromatic N) is 2. The summed E-state index contributed by atoms with van der Waals surface area (Å²) in [6.07, 6.45) is 2.88. The summed E-state index contributed by atoms with van der Waals surface area (Å²) in [6.45, 7) is 6.43. The van der Waals surface area contributed by atoms with E-state index >= 15 is 0 Å². The Morgan fingerprint density at radius 2 is 2.15 bits per heavy atom. The summed E-state index contributed by atoms with van der Waals surface area (Å²) in [5, 5.41) is 4.18. The van der Waals surface area contributed by atoms with Crippen molar-refractivity contribution in [3.05, 3.63) is 17.5 Å². The fraction of sp³-hybridized carbons (Fsp3) is 0.700. The van der Waals surface area contributed by atoms with E-state index in [1.807, 2.05) is 17.9 Å². The van der Waals surface area contributed by atoms with Gasteiger partial charge in [0.15, 0.2) is 0 Å². The lowest BCUT2D eigenvalue weighted by atomic mass is 10.00. The molecule has 0 radical (unpaired) electrons. The smallest absolute Gasteiger partial charge is 0.0577 e. The quantitative estimate of drug-likeness (QED) is 0.772. The molecule has 0 spiro atoms. The van der Waals surface area contributed by atoms with E-state index in [1.165, 1.54) is 5.56 Å². The highest BCUT2D eigenvalue weighted by molar-refractivity contribution is 5.18. The predicted octanol–water partition coefficient (Wildman–Crippen LogP) is 1.77. The summed E-state index contributed by atoms with van der Waals surface area (Å²) in [7, 11) is 1.95. The Balaban J connectivity index is 2.81. The van der Waals surface area contributed by atoms with Crippen molar-refractivity contribution in [1.82, 2.24) is 9.78 Å². The van der Waals surface area contributed by atoms with E-state index in [0.29, 0.717) is 5.92 Å². The Kier molecular flexibility index (Phi) is 3.09. The van der Waals surface area contributed by atoms with Gasteiger partial charge in [-0.3, -0.25) is 4.68 Å². The summed E-state index contributed by atoms with van der Waals surface area (Å²) in [5.74, 6) is 0.629. The van der Waals surface area contributed by atoms with Gasteiger partial charge in [0, 0.05) is 13.1 Å². The molecule has 13 heavy (non-hydrogen) atoms. The zero-order chi connectivity index (χ0) is 10.0. The molecule has 0 amide bonds. The Hall–Kier alpha value is -0.830. The van der Waals surface area contributed by atoms with E-state index < -0.39 is 0 Å². The Morgan fingerprint density at radius 1 is 1.54 bits per heavy atom. The van der Waals surface area contributed by atoms with Crippen molar-refractivity contribution in [2.45, 2.75) is 33.2 Å². The normalized spacial score (nSPS) is 13.7. The fourth-order valence-corrected chi connectivity index (χ4v) is 1.71. The van der Waals surface area contributed by atoms with Crippen LogP contribution in [-0.2, 0) is 7.05 Å². The molecule has 74 valence electrons.